The van der Waals surface area contributed by atoms with Crippen molar-refractivity contribution in [2.45, 2.75) is 39.3 Å². The number of hydrogen-bond acceptors (Lipinski definition) is 3. The Balaban J connectivity index is 1.50. The van der Waals surface area contributed by atoms with Crippen molar-refractivity contribution in [2.75, 3.05) is 13.1 Å². The number of imidazole rings is 2. The molecule has 0 spiro atoms. The molecule has 1 aliphatic rings. The monoisotopic (exact) mass is 349 g/mol. The Morgan fingerprint density at radius 3 is 2.69 bits per heavy atom. The van der Waals surface area contributed by atoms with Gasteiger partial charge in [-0.25, -0.2) is 9.97 Å². The average molecular weight is 349 g/mol. The van der Waals surface area contributed by atoms with Gasteiger partial charge in [-0.2, -0.15) is 0 Å². The Kier molecular flexibility index (Phi) is 4.89. The van der Waals surface area contributed by atoms with Crippen molar-refractivity contribution < 1.29 is 0 Å². The van der Waals surface area contributed by atoms with Gasteiger partial charge in [-0.3, -0.25) is 0 Å². The van der Waals surface area contributed by atoms with Crippen molar-refractivity contribution in [3.8, 4) is 17.1 Å². The van der Waals surface area contributed by atoms with Gasteiger partial charge in [0.15, 0.2) is 0 Å². The molecule has 0 radical (unpaired) electrons. The van der Waals surface area contributed by atoms with E-state index in [0.29, 0.717) is 12.0 Å². The minimum atomic E-state index is 0.635. The average Bonchev–Trinajstić information content (AvgIpc) is 3.34. The third kappa shape index (κ3) is 3.58. The first-order valence-corrected chi connectivity index (χ1v) is 9.54. The molecule has 0 bridgehead atoms. The van der Waals surface area contributed by atoms with E-state index >= 15 is 0 Å². The normalized spacial score (nSPS) is 18.5. The van der Waals surface area contributed by atoms with E-state index in [0.717, 1.165) is 23.6 Å². The molecule has 1 aliphatic heterocycles. The fourth-order valence-electron chi connectivity index (χ4n) is 3.90. The number of likely N-dealkylation sites (tertiary alicyclic amines) is 1. The predicted octanol–water partition coefficient (Wildman–Crippen LogP) is 3.86. The topological polar surface area (TPSA) is 38.9 Å². The summed E-state index contributed by atoms with van der Waals surface area (Å²) in [6.45, 7) is 8.07. The summed E-state index contributed by atoms with van der Waals surface area (Å²) in [5.74, 6) is 1.76. The van der Waals surface area contributed by atoms with E-state index in [1.165, 1.54) is 25.9 Å². The highest BCUT2D eigenvalue weighted by Crippen LogP contribution is 2.24. The lowest BCUT2D eigenvalue weighted by Gasteiger charge is -2.35. The van der Waals surface area contributed by atoms with Crippen LogP contribution in [0.15, 0.2) is 55.4 Å². The zero-order chi connectivity index (χ0) is 17.9. The smallest absolute Gasteiger partial charge is 0.139 e. The molecular formula is C21H27N5. The van der Waals surface area contributed by atoms with Gasteiger partial charge in [-0.05, 0) is 63.4 Å². The first-order chi connectivity index (χ1) is 12.7. The van der Waals surface area contributed by atoms with E-state index < -0.39 is 0 Å². The molecule has 4 rings (SSSR count). The maximum absolute atomic E-state index is 4.63. The number of benzene rings is 1. The van der Waals surface area contributed by atoms with Crippen LogP contribution in [-0.2, 0) is 6.54 Å². The zero-order valence-electron chi connectivity index (χ0n) is 15.6. The Bertz CT molecular complexity index is 816. The number of rotatable bonds is 5. The Morgan fingerprint density at radius 1 is 1.12 bits per heavy atom. The van der Waals surface area contributed by atoms with Crippen LogP contribution in [0, 0.1) is 5.92 Å². The van der Waals surface area contributed by atoms with Crippen molar-refractivity contribution in [2.24, 2.45) is 5.92 Å². The van der Waals surface area contributed by atoms with E-state index in [1.807, 2.05) is 23.3 Å². The van der Waals surface area contributed by atoms with Crippen LogP contribution < -0.4 is 0 Å². The van der Waals surface area contributed by atoms with Crippen molar-refractivity contribution in [1.82, 2.24) is 24.0 Å². The molecule has 26 heavy (non-hydrogen) atoms. The standard InChI is InChI=1S/C21H27N5/c1-17(2)24-11-3-4-18(14-24)15-25-13-10-23-21(25)19-5-7-20(8-6-19)26-12-9-22-16-26/h5-10,12-13,16-18H,3-4,11,14-15H2,1-2H3. The number of nitrogens with zero attached hydrogens (tertiary/aromatic N) is 5. The van der Waals surface area contributed by atoms with Gasteiger partial charge in [0.2, 0.25) is 0 Å². The van der Waals surface area contributed by atoms with Gasteiger partial charge in [0.05, 0.1) is 6.33 Å². The minimum absolute atomic E-state index is 0.635. The minimum Gasteiger partial charge on any atom is -0.331 e. The van der Waals surface area contributed by atoms with E-state index in [4.69, 9.17) is 0 Å². The Morgan fingerprint density at radius 2 is 1.96 bits per heavy atom. The van der Waals surface area contributed by atoms with Crippen molar-refractivity contribution in [3.63, 3.8) is 0 Å². The lowest BCUT2D eigenvalue weighted by molar-refractivity contribution is 0.131. The van der Waals surface area contributed by atoms with Crippen LogP contribution in [0.4, 0.5) is 0 Å². The molecule has 1 saturated heterocycles. The molecule has 1 unspecified atom stereocenters. The second-order valence-electron chi connectivity index (χ2n) is 7.52. The fourth-order valence-corrected chi connectivity index (χ4v) is 3.90. The molecule has 3 aromatic rings. The molecule has 1 atom stereocenters. The number of hydrogen-bond donors (Lipinski definition) is 0. The van der Waals surface area contributed by atoms with E-state index in [1.54, 1.807) is 6.20 Å². The maximum atomic E-state index is 4.63. The third-order valence-electron chi connectivity index (χ3n) is 5.38. The fraction of sp³-hybridized carbons (Fsp3) is 0.429. The third-order valence-corrected chi connectivity index (χ3v) is 5.38. The van der Waals surface area contributed by atoms with E-state index in [2.05, 4.69) is 63.7 Å². The van der Waals surface area contributed by atoms with Crippen LogP contribution in [0.3, 0.4) is 0 Å². The van der Waals surface area contributed by atoms with Crippen molar-refractivity contribution in [1.29, 1.82) is 0 Å². The SMILES string of the molecule is CC(C)N1CCCC(Cn2ccnc2-c2ccc(-n3ccnc3)cc2)C1. The van der Waals surface area contributed by atoms with Crippen LogP contribution in [0.1, 0.15) is 26.7 Å². The van der Waals surface area contributed by atoms with Crippen molar-refractivity contribution >= 4 is 0 Å². The molecule has 0 aliphatic carbocycles. The van der Waals surface area contributed by atoms with Gasteiger partial charge >= 0.3 is 0 Å². The Hall–Kier alpha value is -2.40. The van der Waals surface area contributed by atoms with Gasteiger partial charge in [0.1, 0.15) is 5.82 Å². The highest BCUT2D eigenvalue weighted by molar-refractivity contribution is 5.57. The van der Waals surface area contributed by atoms with Crippen LogP contribution in [0.25, 0.3) is 17.1 Å². The summed E-state index contributed by atoms with van der Waals surface area (Å²) in [6, 6.07) is 9.18. The lowest BCUT2D eigenvalue weighted by Crippen LogP contribution is -2.41. The molecule has 1 aromatic carbocycles. The first-order valence-electron chi connectivity index (χ1n) is 9.54. The molecule has 136 valence electrons. The van der Waals surface area contributed by atoms with Gasteiger partial charge in [-0.1, -0.05) is 0 Å². The molecular weight excluding hydrogens is 322 g/mol. The summed E-state index contributed by atoms with van der Waals surface area (Å²) in [4.78, 5) is 11.3. The summed E-state index contributed by atoms with van der Waals surface area (Å²) in [7, 11) is 0. The van der Waals surface area contributed by atoms with E-state index in [-0.39, 0.29) is 0 Å². The quantitative estimate of drug-likeness (QED) is 0.702. The largest absolute Gasteiger partial charge is 0.331 e. The second-order valence-corrected chi connectivity index (χ2v) is 7.52. The second kappa shape index (κ2) is 7.46. The van der Waals surface area contributed by atoms with Crippen LogP contribution >= 0.6 is 0 Å². The van der Waals surface area contributed by atoms with Gasteiger partial charge < -0.3 is 14.0 Å². The van der Waals surface area contributed by atoms with E-state index in [9.17, 15) is 0 Å². The number of piperidine rings is 1. The molecule has 0 saturated carbocycles. The van der Waals surface area contributed by atoms with Gasteiger partial charge in [0.25, 0.3) is 0 Å². The Labute approximate surface area is 155 Å². The van der Waals surface area contributed by atoms with Crippen molar-refractivity contribution in [3.05, 3.63) is 55.4 Å². The molecule has 1 fully saturated rings. The molecule has 3 heterocycles. The maximum Gasteiger partial charge on any atom is 0.139 e. The van der Waals surface area contributed by atoms with Gasteiger partial charge in [0, 0.05) is 55.2 Å². The molecule has 5 heteroatoms. The highest BCUT2D eigenvalue weighted by Gasteiger charge is 2.22. The predicted molar refractivity (Wildman–Crippen MR) is 104 cm³/mol. The molecule has 5 nitrogen and oxygen atoms in total. The number of aromatic nitrogens is 4. The summed E-state index contributed by atoms with van der Waals surface area (Å²) >= 11 is 0. The molecule has 0 amide bonds. The molecule has 0 N–H and O–H groups in total. The highest BCUT2D eigenvalue weighted by atomic mass is 15.2. The van der Waals surface area contributed by atoms with Crippen LogP contribution in [0.5, 0.6) is 0 Å². The first kappa shape index (κ1) is 17.0. The summed E-state index contributed by atoms with van der Waals surface area (Å²) in [5, 5.41) is 0. The summed E-state index contributed by atoms with van der Waals surface area (Å²) in [5.41, 5.74) is 2.28. The van der Waals surface area contributed by atoms with Gasteiger partial charge in [-0.15, -0.1) is 0 Å². The van der Waals surface area contributed by atoms with Crippen LogP contribution in [-0.4, -0.2) is 43.1 Å². The molecule has 2 aromatic heterocycles. The summed E-state index contributed by atoms with van der Waals surface area (Å²) in [6.07, 6.45) is 12.2. The zero-order valence-corrected chi connectivity index (χ0v) is 15.6. The summed E-state index contributed by atoms with van der Waals surface area (Å²) < 4.78 is 4.33. The lowest BCUT2D eigenvalue weighted by atomic mass is 9.97. The van der Waals surface area contributed by atoms with Crippen LogP contribution in [0.2, 0.25) is 0 Å².